The molecule has 1 aromatic carbocycles. The molecule has 0 radical (unpaired) electrons. The summed E-state index contributed by atoms with van der Waals surface area (Å²) in [5, 5.41) is 0. The van der Waals surface area contributed by atoms with Crippen LogP contribution in [0.3, 0.4) is 0 Å². The molecule has 114 valence electrons. The zero-order chi connectivity index (χ0) is 15.3. The molecular weight excluding hydrogens is 272 g/mol. The third-order valence-corrected chi connectivity index (χ3v) is 5.22. The molecule has 0 aromatic heterocycles. The minimum absolute atomic E-state index is 0.0537. The van der Waals surface area contributed by atoms with Crippen molar-refractivity contribution in [1.82, 2.24) is 4.72 Å². The number of rotatable bonds is 7. The number of nitrogens with one attached hydrogen (secondary N) is 1. The van der Waals surface area contributed by atoms with Crippen LogP contribution in [0.15, 0.2) is 17.0 Å². The van der Waals surface area contributed by atoms with E-state index in [0.29, 0.717) is 11.4 Å². The second kappa shape index (κ2) is 7.20. The highest BCUT2D eigenvalue weighted by molar-refractivity contribution is 7.89. The van der Waals surface area contributed by atoms with Gasteiger partial charge in [-0.05, 0) is 49.9 Å². The molecule has 4 nitrogen and oxygen atoms in total. The summed E-state index contributed by atoms with van der Waals surface area (Å²) in [5.74, 6) is 0. The Kier molecular flexibility index (Phi) is 6.17. The fraction of sp³-hybridized carbons (Fsp3) is 0.600. The van der Waals surface area contributed by atoms with Crippen molar-refractivity contribution >= 4 is 10.0 Å². The molecule has 0 saturated carbocycles. The molecule has 1 rings (SSSR count). The van der Waals surface area contributed by atoms with E-state index in [9.17, 15) is 8.42 Å². The average molecular weight is 298 g/mol. The second-order valence-electron chi connectivity index (χ2n) is 5.41. The SMILES string of the molecule is CCCCC(C)NS(=O)(=O)c1cc(CN)c(C)cc1C. The van der Waals surface area contributed by atoms with E-state index in [1.54, 1.807) is 6.07 Å². The Balaban J connectivity index is 3.03. The fourth-order valence-electron chi connectivity index (χ4n) is 2.28. The maximum absolute atomic E-state index is 12.5. The minimum Gasteiger partial charge on any atom is -0.326 e. The van der Waals surface area contributed by atoms with Gasteiger partial charge in [0.15, 0.2) is 0 Å². The van der Waals surface area contributed by atoms with E-state index in [4.69, 9.17) is 5.73 Å². The summed E-state index contributed by atoms with van der Waals surface area (Å²) in [5.41, 5.74) is 8.33. The molecule has 0 aliphatic heterocycles. The normalized spacial score (nSPS) is 13.4. The molecule has 0 saturated heterocycles. The van der Waals surface area contributed by atoms with E-state index < -0.39 is 10.0 Å². The predicted octanol–water partition coefficient (Wildman–Crippen LogP) is 2.62. The summed E-state index contributed by atoms with van der Waals surface area (Å²) in [6.45, 7) is 8.11. The zero-order valence-electron chi connectivity index (χ0n) is 12.9. The van der Waals surface area contributed by atoms with E-state index in [-0.39, 0.29) is 6.04 Å². The molecule has 20 heavy (non-hydrogen) atoms. The minimum atomic E-state index is -3.48. The molecule has 0 spiro atoms. The lowest BCUT2D eigenvalue weighted by molar-refractivity contribution is 0.534. The van der Waals surface area contributed by atoms with Gasteiger partial charge in [-0.15, -0.1) is 0 Å². The van der Waals surface area contributed by atoms with E-state index in [1.165, 1.54) is 0 Å². The highest BCUT2D eigenvalue weighted by atomic mass is 32.2. The largest absolute Gasteiger partial charge is 0.326 e. The second-order valence-corrected chi connectivity index (χ2v) is 7.10. The summed E-state index contributed by atoms with van der Waals surface area (Å²) < 4.78 is 27.7. The Morgan fingerprint density at radius 3 is 2.45 bits per heavy atom. The monoisotopic (exact) mass is 298 g/mol. The standard InChI is InChI=1S/C15H26N2O2S/c1-5-6-7-13(4)17-20(18,19)15-9-14(10-16)11(2)8-12(15)3/h8-9,13,17H,5-7,10,16H2,1-4H3. The maximum atomic E-state index is 12.5. The van der Waals surface area contributed by atoms with Gasteiger partial charge < -0.3 is 5.73 Å². The lowest BCUT2D eigenvalue weighted by atomic mass is 10.1. The first-order valence-electron chi connectivity index (χ1n) is 7.14. The molecule has 1 unspecified atom stereocenters. The van der Waals surface area contributed by atoms with Crippen molar-refractivity contribution in [2.45, 2.75) is 64.4 Å². The molecular formula is C15H26N2O2S. The van der Waals surface area contributed by atoms with E-state index >= 15 is 0 Å². The highest BCUT2D eigenvalue weighted by Crippen LogP contribution is 2.21. The Hall–Kier alpha value is -0.910. The van der Waals surface area contributed by atoms with Gasteiger partial charge in [0.25, 0.3) is 0 Å². The third kappa shape index (κ3) is 4.30. The van der Waals surface area contributed by atoms with Crippen LogP contribution in [0.5, 0.6) is 0 Å². The van der Waals surface area contributed by atoms with Crippen LogP contribution in [-0.4, -0.2) is 14.5 Å². The number of hydrogen-bond donors (Lipinski definition) is 2. The average Bonchev–Trinajstić information content (AvgIpc) is 2.35. The van der Waals surface area contributed by atoms with Gasteiger partial charge in [0.05, 0.1) is 4.90 Å². The highest BCUT2D eigenvalue weighted by Gasteiger charge is 2.20. The molecule has 0 aliphatic carbocycles. The molecule has 0 heterocycles. The van der Waals surface area contributed by atoms with Gasteiger partial charge in [-0.3, -0.25) is 0 Å². The molecule has 1 atom stereocenters. The van der Waals surface area contributed by atoms with Crippen LogP contribution in [0.25, 0.3) is 0 Å². The fourth-order valence-corrected chi connectivity index (χ4v) is 3.84. The van der Waals surface area contributed by atoms with Gasteiger partial charge in [-0.2, -0.15) is 0 Å². The van der Waals surface area contributed by atoms with Crippen LogP contribution in [0, 0.1) is 13.8 Å². The first-order valence-corrected chi connectivity index (χ1v) is 8.62. The van der Waals surface area contributed by atoms with Gasteiger partial charge in [0.1, 0.15) is 0 Å². The lowest BCUT2D eigenvalue weighted by Crippen LogP contribution is -2.33. The first-order chi connectivity index (χ1) is 9.31. The summed E-state index contributed by atoms with van der Waals surface area (Å²) >= 11 is 0. The Labute approximate surface area is 122 Å². The topological polar surface area (TPSA) is 72.2 Å². The Morgan fingerprint density at radius 2 is 1.90 bits per heavy atom. The van der Waals surface area contributed by atoms with Crippen molar-refractivity contribution in [3.8, 4) is 0 Å². The molecule has 5 heteroatoms. The third-order valence-electron chi connectivity index (χ3n) is 3.49. The van der Waals surface area contributed by atoms with Crippen LogP contribution in [-0.2, 0) is 16.6 Å². The van der Waals surface area contributed by atoms with Crippen molar-refractivity contribution in [2.24, 2.45) is 5.73 Å². The van der Waals surface area contributed by atoms with Crippen molar-refractivity contribution in [1.29, 1.82) is 0 Å². The van der Waals surface area contributed by atoms with Gasteiger partial charge in [0, 0.05) is 12.6 Å². The van der Waals surface area contributed by atoms with Crippen molar-refractivity contribution < 1.29 is 8.42 Å². The quantitative estimate of drug-likeness (QED) is 0.812. The van der Waals surface area contributed by atoms with E-state index in [1.807, 2.05) is 26.8 Å². The molecule has 0 bridgehead atoms. The molecule has 0 aliphatic rings. The number of sulfonamides is 1. The lowest BCUT2D eigenvalue weighted by Gasteiger charge is -2.16. The smallest absolute Gasteiger partial charge is 0.241 e. The van der Waals surface area contributed by atoms with Crippen molar-refractivity contribution in [2.75, 3.05) is 0 Å². The van der Waals surface area contributed by atoms with E-state index in [0.717, 1.165) is 36.0 Å². The van der Waals surface area contributed by atoms with Gasteiger partial charge in [0.2, 0.25) is 10.0 Å². The number of aryl methyl sites for hydroxylation is 2. The maximum Gasteiger partial charge on any atom is 0.241 e. The summed E-state index contributed by atoms with van der Waals surface area (Å²) in [4.78, 5) is 0.340. The summed E-state index contributed by atoms with van der Waals surface area (Å²) in [7, 11) is -3.48. The molecule has 1 aromatic rings. The predicted molar refractivity (Wildman–Crippen MR) is 83.1 cm³/mol. The van der Waals surface area contributed by atoms with Crippen LogP contribution < -0.4 is 10.5 Å². The van der Waals surface area contributed by atoms with Crippen LogP contribution in [0.1, 0.15) is 49.8 Å². The number of unbranched alkanes of at least 4 members (excludes halogenated alkanes) is 1. The molecule has 0 amide bonds. The summed E-state index contributed by atoms with van der Waals surface area (Å²) in [6, 6.07) is 3.52. The number of nitrogens with two attached hydrogens (primary N) is 1. The van der Waals surface area contributed by atoms with Gasteiger partial charge >= 0.3 is 0 Å². The van der Waals surface area contributed by atoms with E-state index in [2.05, 4.69) is 11.6 Å². The van der Waals surface area contributed by atoms with Crippen LogP contribution >= 0.6 is 0 Å². The van der Waals surface area contributed by atoms with Gasteiger partial charge in [-0.25, -0.2) is 13.1 Å². The van der Waals surface area contributed by atoms with Gasteiger partial charge in [-0.1, -0.05) is 25.8 Å². The Bertz CT molecular complexity index is 553. The molecule has 3 N–H and O–H groups in total. The number of hydrogen-bond acceptors (Lipinski definition) is 3. The van der Waals surface area contributed by atoms with Crippen LogP contribution in [0.4, 0.5) is 0 Å². The number of benzene rings is 1. The Morgan fingerprint density at radius 1 is 1.25 bits per heavy atom. The van der Waals surface area contributed by atoms with Crippen LogP contribution in [0.2, 0.25) is 0 Å². The summed E-state index contributed by atoms with van der Waals surface area (Å²) in [6.07, 6.45) is 2.93. The van der Waals surface area contributed by atoms with Crippen molar-refractivity contribution in [3.05, 3.63) is 28.8 Å². The molecule has 0 fully saturated rings. The first kappa shape index (κ1) is 17.1. The van der Waals surface area contributed by atoms with Crippen molar-refractivity contribution in [3.63, 3.8) is 0 Å². The zero-order valence-corrected chi connectivity index (χ0v) is 13.7.